The first kappa shape index (κ1) is 14.5. The molecule has 19 heavy (non-hydrogen) atoms. The number of hydrogen-bond donors (Lipinski definition) is 1. The van der Waals surface area contributed by atoms with Crippen molar-refractivity contribution >= 4 is 0 Å². The van der Waals surface area contributed by atoms with Gasteiger partial charge in [0.05, 0.1) is 0 Å². The third-order valence-electron chi connectivity index (χ3n) is 4.32. The first-order valence-electron chi connectivity index (χ1n) is 7.57. The number of hydrogen-bond acceptors (Lipinski definition) is 3. The maximum Gasteiger partial charge on any atom is 0.0312 e. The topological polar surface area (TPSA) is 28.2 Å². The second-order valence-electron chi connectivity index (χ2n) is 5.73. The summed E-state index contributed by atoms with van der Waals surface area (Å²) in [6, 6.07) is 5.46. The Hall–Kier alpha value is -0.930. The van der Waals surface area contributed by atoms with Crippen LogP contribution < -0.4 is 5.32 Å². The van der Waals surface area contributed by atoms with Gasteiger partial charge in [-0.3, -0.25) is 9.88 Å². The fraction of sp³-hybridized carbons (Fsp3) is 0.688. The molecule has 106 valence electrons. The number of aromatic nitrogens is 1. The maximum atomic E-state index is 4.21. The zero-order valence-corrected chi connectivity index (χ0v) is 12.3. The second-order valence-corrected chi connectivity index (χ2v) is 5.73. The lowest BCUT2D eigenvalue weighted by Crippen LogP contribution is -2.47. The van der Waals surface area contributed by atoms with Crippen LogP contribution in [0.2, 0.25) is 0 Å². The molecule has 1 aliphatic carbocycles. The van der Waals surface area contributed by atoms with Crippen molar-refractivity contribution in [1.29, 1.82) is 0 Å². The van der Waals surface area contributed by atoms with Gasteiger partial charge in [-0.15, -0.1) is 0 Å². The van der Waals surface area contributed by atoms with Crippen LogP contribution in [0, 0.1) is 0 Å². The van der Waals surface area contributed by atoms with E-state index in [0.717, 1.165) is 6.54 Å². The summed E-state index contributed by atoms with van der Waals surface area (Å²) in [4.78, 5) is 6.72. The number of likely N-dealkylation sites (N-methyl/N-ethyl adjacent to an activating group) is 2. The van der Waals surface area contributed by atoms with Crippen molar-refractivity contribution in [2.24, 2.45) is 0 Å². The van der Waals surface area contributed by atoms with Crippen molar-refractivity contribution < 1.29 is 0 Å². The third-order valence-corrected chi connectivity index (χ3v) is 4.32. The number of nitrogens with zero attached hydrogens (tertiary/aromatic N) is 2. The molecular weight excluding hydrogens is 234 g/mol. The van der Waals surface area contributed by atoms with E-state index in [9.17, 15) is 0 Å². The Balaban J connectivity index is 1.99. The van der Waals surface area contributed by atoms with Gasteiger partial charge in [0.25, 0.3) is 0 Å². The van der Waals surface area contributed by atoms with Crippen LogP contribution in [-0.2, 0) is 6.54 Å². The predicted octanol–water partition coefficient (Wildman–Crippen LogP) is 2.82. The Morgan fingerprint density at radius 1 is 1.26 bits per heavy atom. The predicted molar refractivity (Wildman–Crippen MR) is 80.0 cm³/mol. The minimum absolute atomic E-state index is 0.627. The summed E-state index contributed by atoms with van der Waals surface area (Å²) >= 11 is 0. The minimum atomic E-state index is 0.627. The molecule has 0 aliphatic heterocycles. The molecule has 1 aliphatic rings. The molecule has 2 atom stereocenters. The molecule has 0 amide bonds. The summed E-state index contributed by atoms with van der Waals surface area (Å²) in [6.45, 7) is 0.997. The molecule has 1 heterocycles. The van der Waals surface area contributed by atoms with Gasteiger partial charge < -0.3 is 5.32 Å². The van der Waals surface area contributed by atoms with Gasteiger partial charge in [0.1, 0.15) is 0 Å². The molecule has 1 aromatic rings. The smallest absolute Gasteiger partial charge is 0.0312 e. The van der Waals surface area contributed by atoms with Gasteiger partial charge in [0.2, 0.25) is 0 Å². The lowest BCUT2D eigenvalue weighted by Gasteiger charge is -2.36. The molecule has 3 nitrogen and oxygen atoms in total. The van der Waals surface area contributed by atoms with E-state index in [4.69, 9.17) is 0 Å². The summed E-state index contributed by atoms with van der Waals surface area (Å²) in [7, 11) is 4.36. The third kappa shape index (κ3) is 4.29. The van der Waals surface area contributed by atoms with Crippen molar-refractivity contribution in [3.05, 3.63) is 30.1 Å². The molecule has 0 radical (unpaired) electrons. The summed E-state index contributed by atoms with van der Waals surface area (Å²) in [5, 5.41) is 3.53. The van der Waals surface area contributed by atoms with E-state index in [1.54, 1.807) is 0 Å². The van der Waals surface area contributed by atoms with Gasteiger partial charge in [-0.1, -0.05) is 31.7 Å². The van der Waals surface area contributed by atoms with Crippen LogP contribution in [0.4, 0.5) is 0 Å². The lowest BCUT2D eigenvalue weighted by atomic mass is 9.91. The highest BCUT2D eigenvalue weighted by molar-refractivity contribution is 5.08. The fourth-order valence-electron chi connectivity index (χ4n) is 3.23. The zero-order chi connectivity index (χ0) is 13.5. The molecule has 1 fully saturated rings. The summed E-state index contributed by atoms with van der Waals surface area (Å²) < 4.78 is 0. The van der Waals surface area contributed by atoms with Crippen molar-refractivity contribution in [2.45, 2.75) is 57.2 Å². The average Bonchev–Trinajstić information content (AvgIpc) is 2.39. The van der Waals surface area contributed by atoms with E-state index < -0.39 is 0 Å². The van der Waals surface area contributed by atoms with Crippen LogP contribution in [-0.4, -0.2) is 36.1 Å². The first-order chi connectivity index (χ1) is 9.31. The van der Waals surface area contributed by atoms with Gasteiger partial charge in [-0.25, -0.2) is 0 Å². The van der Waals surface area contributed by atoms with Gasteiger partial charge in [-0.2, -0.15) is 0 Å². The SMILES string of the molecule is CNC1CCCCCCC1N(C)Cc1cccnc1. The van der Waals surface area contributed by atoms with Gasteiger partial charge in [0.15, 0.2) is 0 Å². The maximum absolute atomic E-state index is 4.21. The van der Waals surface area contributed by atoms with Crippen molar-refractivity contribution in [2.75, 3.05) is 14.1 Å². The Morgan fingerprint density at radius 3 is 2.74 bits per heavy atom. The van der Waals surface area contributed by atoms with E-state index in [1.165, 1.54) is 44.1 Å². The lowest BCUT2D eigenvalue weighted by molar-refractivity contribution is 0.160. The number of pyridine rings is 1. The van der Waals surface area contributed by atoms with Gasteiger partial charge >= 0.3 is 0 Å². The number of nitrogens with one attached hydrogen (secondary N) is 1. The largest absolute Gasteiger partial charge is 0.315 e. The van der Waals surface area contributed by atoms with Crippen molar-refractivity contribution in [3.63, 3.8) is 0 Å². The van der Waals surface area contributed by atoms with E-state index in [-0.39, 0.29) is 0 Å². The molecule has 1 aromatic heterocycles. The van der Waals surface area contributed by atoms with E-state index >= 15 is 0 Å². The molecule has 1 N–H and O–H groups in total. The normalized spacial score (nSPS) is 25.0. The molecule has 2 rings (SSSR count). The Bertz CT molecular complexity index is 352. The minimum Gasteiger partial charge on any atom is -0.315 e. The zero-order valence-electron chi connectivity index (χ0n) is 12.3. The van der Waals surface area contributed by atoms with Crippen molar-refractivity contribution in [1.82, 2.24) is 15.2 Å². The van der Waals surface area contributed by atoms with Crippen molar-refractivity contribution in [3.8, 4) is 0 Å². The fourth-order valence-corrected chi connectivity index (χ4v) is 3.23. The monoisotopic (exact) mass is 261 g/mol. The van der Waals surface area contributed by atoms with Crippen LogP contribution in [0.15, 0.2) is 24.5 Å². The molecule has 0 spiro atoms. The molecule has 2 unspecified atom stereocenters. The van der Waals surface area contributed by atoms with E-state index in [0.29, 0.717) is 12.1 Å². The summed E-state index contributed by atoms with van der Waals surface area (Å²) in [6.07, 6.45) is 12.0. The molecule has 1 saturated carbocycles. The first-order valence-corrected chi connectivity index (χ1v) is 7.57. The highest BCUT2D eigenvalue weighted by Crippen LogP contribution is 2.22. The quantitative estimate of drug-likeness (QED) is 0.903. The second kappa shape index (κ2) is 7.61. The molecular formula is C16H27N3. The Morgan fingerprint density at radius 2 is 2.05 bits per heavy atom. The van der Waals surface area contributed by atoms with Gasteiger partial charge in [0, 0.05) is 31.0 Å². The van der Waals surface area contributed by atoms with Gasteiger partial charge in [-0.05, 0) is 38.6 Å². The van der Waals surface area contributed by atoms with Crippen LogP contribution in [0.25, 0.3) is 0 Å². The van der Waals surface area contributed by atoms with Crippen LogP contribution in [0.1, 0.15) is 44.1 Å². The highest BCUT2D eigenvalue weighted by atomic mass is 15.2. The highest BCUT2D eigenvalue weighted by Gasteiger charge is 2.24. The average molecular weight is 261 g/mol. The van der Waals surface area contributed by atoms with E-state index in [2.05, 4.69) is 35.4 Å². The molecule has 3 heteroatoms. The molecule has 0 aromatic carbocycles. The Labute approximate surface area is 117 Å². The summed E-state index contributed by atoms with van der Waals surface area (Å²) in [5.41, 5.74) is 1.31. The van der Waals surface area contributed by atoms with E-state index in [1.807, 2.05) is 18.5 Å². The molecule has 0 bridgehead atoms. The number of rotatable bonds is 4. The standard InChI is InChI=1S/C16H27N3/c1-17-15-9-5-3-4-6-10-16(15)19(2)13-14-8-7-11-18-12-14/h7-8,11-12,15-17H,3-6,9-10,13H2,1-2H3. The Kier molecular flexibility index (Phi) is 5.80. The van der Waals surface area contributed by atoms with Crippen LogP contribution in [0.3, 0.4) is 0 Å². The van der Waals surface area contributed by atoms with Crippen LogP contribution >= 0.6 is 0 Å². The van der Waals surface area contributed by atoms with Crippen LogP contribution in [0.5, 0.6) is 0 Å². The summed E-state index contributed by atoms with van der Waals surface area (Å²) in [5.74, 6) is 0. The molecule has 0 saturated heterocycles.